The molecule has 0 radical (unpaired) electrons. The molecule has 0 fully saturated rings. The Balaban J connectivity index is 4.06. The summed E-state index contributed by atoms with van der Waals surface area (Å²) in [7, 11) is 0. The zero-order valence-electron chi connectivity index (χ0n) is 27.6. The quantitative estimate of drug-likeness (QED) is 0.0796. The molecule has 0 aromatic heterocycles. The number of unbranched alkanes of at least 4 members (excludes halogenated alkanes) is 24. The van der Waals surface area contributed by atoms with E-state index < -0.39 is 17.4 Å². The Morgan fingerprint density at radius 1 is 0.500 bits per heavy atom. The van der Waals surface area contributed by atoms with E-state index in [0.29, 0.717) is 19.3 Å². The maximum Gasteiger partial charge on any atom is 0.238 e. The highest BCUT2D eigenvalue weighted by molar-refractivity contribution is 5.93. The van der Waals surface area contributed by atoms with Crippen LogP contribution in [0.2, 0.25) is 0 Å². The molecular weight excluding hydrogens is 492 g/mol. The Hall–Kier alpha value is -0.900. The SMILES string of the molecule is CCCCCCCCCCCCCCCCCC(=O)C(CCCCCCCCCCCCC)C(N)(CC)C(N)=O. The molecule has 0 aromatic rings. The number of Topliss-reactive ketones (excluding diaryl/α,β-unsaturated/α-hetero) is 1. The second kappa shape index (κ2) is 28.2. The minimum absolute atomic E-state index is 0.157. The Morgan fingerprint density at radius 3 is 1.10 bits per heavy atom. The van der Waals surface area contributed by atoms with Gasteiger partial charge in [0.15, 0.2) is 0 Å². The minimum Gasteiger partial charge on any atom is -0.368 e. The van der Waals surface area contributed by atoms with Gasteiger partial charge >= 0.3 is 0 Å². The van der Waals surface area contributed by atoms with Crippen LogP contribution < -0.4 is 11.5 Å². The molecule has 0 rings (SSSR count). The summed E-state index contributed by atoms with van der Waals surface area (Å²) in [6, 6.07) is 0. The minimum atomic E-state index is -1.20. The van der Waals surface area contributed by atoms with Crippen molar-refractivity contribution in [3.8, 4) is 0 Å². The van der Waals surface area contributed by atoms with Crippen molar-refractivity contribution < 1.29 is 9.59 Å². The van der Waals surface area contributed by atoms with E-state index in [-0.39, 0.29) is 5.78 Å². The lowest BCUT2D eigenvalue weighted by molar-refractivity contribution is -0.134. The third-order valence-electron chi connectivity index (χ3n) is 9.18. The smallest absolute Gasteiger partial charge is 0.238 e. The molecule has 4 N–H and O–H groups in total. The van der Waals surface area contributed by atoms with Gasteiger partial charge in [0.25, 0.3) is 0 Å². The van der Waals surface area contributed by atoms with Gasteiger partial charge in [-0.15, -0.1) is 0 Å². The second-order valence-electron chi connectivity index (χ2n) is 12.8. The zero-order valence-corrected chi connectivity index (χ0v) is 27.6. The second-order valence-corrected chi connectivity index (χ2v) is 12.8. The van der Waals surface area contributed by atoms with Gasteiger partial charge in [-0.3, -0.25) is 9.59 Å². The maximum absolute atomic E-state index is 13.2. The number of nitrogens with two attached hydrogens (primary N) is 2. The predicted octanol–water partition coefficient (Wildman–Crippen LogP) is 10.7. The largest absolute Gasteiger partial charge is 0.368 e. The fraction of sp³-hybridized carbons (Fsp3) is 0.944. The summed E-state index contributed by atoms with van der Waals surface area (Å²) in [5, 5.41) is 0. The van der Waals surface area contributed by atoms with Gasteiger partial charge in [-0.1, -0.05) is 181 Å². The summed E-state index contributed by atoms with van der Waals surface area (Å²) < 4.78 is 0. The zero-order chi connectivity index (χ0) is 29.7. The molecule has 0 aliphatic heterocycles. The first kappa shape index (κ1) is 39.1. The fourth-order valence-corrected chi connectivity index (χ4v) is 6.16. The Labute approximate surface area is 251 Å². The lowest BCUT2D eigenvalue weighted by Crippen LogP contribution is -2.59. The van der Waals surface area contributed by atoms with Crippen LogP contribution in [0.4, 0.5) is 0 Å². The van der Waals surface area contributed by atoms with Crippen molar-refractivity contribution >= 4 is 11.7 Å². The van der Waals surface area contributed by atoms with Crippen LogP contribution >= 0.6 is 0 Å². The van der Waals surface area contributed by atoms with Gasteiger partial charge in [0.05, 0.1) is 0 Å². The third-order valence-corrected chi connectivity index (χ3v) is 9.18. The Kier molecular flexibility index (Phi) is 27.6. The summed E-state index contributed by atoms with van der Waals surface area (Å²) in [5.41, 5.74) is 11.0. The van der Waals surface area contributed by atoms with Crippen molar-refractivity contribution in [1.29, 1.82) is 0 Å². The van der Waals surface area contributed by atoms with Gasteiger partial charge in [0.2, 0.25) is 5.91 Å². The average molecular weight is 565 g/mol. The van der Waals surface area contributed by atoms with Crippen molar-refractivity contribution in [3.63, 3.8) is 0 Å². The molecule has 0 saturated heterocycles. The number of hydrogen-bond acceptors (Lipinski definition) is 3. The molecule has 1 amide bonds. The van der Waals surface area contributed by atoms with Crippen LogP contribution in [0.1, 0.15) is 207 Å². The van der Waals surface area contributed by atoms with Crippen molar-refractivity contribution in [1.82, 2.24) is 0 Å². The van der Waals surface area contributed by atoms with Crippen molar-refractivity contribution in [2.45, 2.75) is 213 Å². The molecule has 2 unspecified atom stereocenters. The third kappa shape index (κ3) is 20.9. The highest BCUT2D eigenvalue weighted by Gasteiger charge is 2.42. The van der Waals surface area contributed by atoms with E-state index in [1.807, 2.05) is 6.92 Å². The average Bonchev–Trinajstić information content (AvgIpc) is 2.95. The van der Waals surface area contributed by atoms with Crippen LogP contribution in [0, 0.1) is 5.92 Å². The summed E-state index contributed by atoms with van der Waals surface area (Å²) in [4.78, 5) is 25.5. The molecule has 2 atom stereocenters. The summed E-state index contributed by atoms with van der Waals surface area (Å²) in [6.45, 7) is 6.43. The molecule has 40 heavy (non-hydrogen) atoms. The molecule has 0 aliphatic carbocycles. The van der Waals surface area contributed by atoms with Crippen LogP contribution in [0.25, 0.3) is 0 Å². The van der Waals surface area contributed by atoms with Gasteiger partial charge in [0, 0.05) is 12.3 Å². The van der Waals surface area contributed by atoms with Gasteiger partial charge in [-0.2, -0.15) is 0 Å². The van der Waals surface area contributed by atoms with Crippen molar-refractivity contribution in [2.75, 3.05) is 0 Å². The highest BCUT2D eigenvalue weighted by atomic mass is 16.2. The molecule has 4 nitrogen and oxygen atoms in total. The number of ketones is 1. The van der Waals surface area contributed by atoms with Gasteiger partial charge in [-0.05, 0) is 19.3 Å². The van der Waals surface area contributed by atoms with Gasteiger partial charge < -0.3 is 11.5 Å². The van der Waals surface area contributed by atoms with Crippen LogP contribution in [0.15, 0.2) is 0 Å². The number of rotatable bonds is 32. The number of carbonyl (C=O) groups excluding carboxylic acids is 2. The van der Waals surface area contributed by atoms with Crippen LogP contribution in [0.5, 0.6) is 0 Å². The number of amides is 1. The number of hydrogen-bond donors (Lipinski definition) is 2. The normalized spacial score (nSPS) is 13.8. The molecule has 238 valence electrons. The highest BCUT2D eigenvalue weighted by Crippen LogP contribution is 2.28. The molecular formula is C36H72N2O2. The first-order valence-corrected chi connectivity index (χ1v) is 18.0. The fourth-order valence-electron chi connectivity index (χ4n) is 6.16. The molecule has 0 spiro atoms. The summed E-state index contributed by atoms with van der Waals surface area (Å²) in [5.74, 6) is -0.793. The van der Waals surface area contributed by atoms with Gasteiger partial charge in [-0.25, -0.2) is 0 Å². The number of carbonyl (C=O) groups is 2. The Morgan fingerprint density at radius 2 is 0.800 bits per heavy atom. The monoisotopic (exact) mass is 565 g/mol. The van der Waals surface area contributed by atoms with E-state index in [1.54, 1.807) is 0 Å². The first-order chi connectivity index (χ1) is 19.4. The number of primary amides is 1. The predicted molar refractivity (Wildman–Crippen MR) is 176 cm³/mol. The molecule has 0 bridgehead atoms. The van der Waals surface area contributed by atoms with E-state index in [9.17, 15) is 9.59 Å². The van der Waals surface area contributed by atoms with E-state index in [4.69, 9.17) is 11.5 Å². The van der Waals surface area contributed by atoms with Crippen molar-refractivity contribution in [2.24, 2.45) is 17.4 Å². The molecule has 0 heterocycles. The van der Waals surface area contributed by atoms with E-state index in [0.717, 1.165) is 25.7 Å². The molecule has 0 aromatic carbocycles. The molecule has 0 saturated carbocycles. The molecule has 4 heteroatoms. The van der Waals surface area contributed by atoms with Crippen molar-refractivity contribution in [3.05, 3.63) is 0 Å². The topological polar surface area (TPSA) is 86.2 Å². The lowest BCUT2D eigenvalue weighted by Gasteiger charge is -2.33. The van der Waals surface area contributed by atoms with E-state index >= 15 is 0 Å². The maximum atomic E-state index is 13.2. The molecule has 0 aliphatic rings. The summed E-state index contributed by atoms with van der Waals surface area (Å²) in [6.07, 6.45) is 35.3. The van der Waals surface area contributed by atoms with Crippen LogP contribution in [-0.2, 0) is 9.59 Å². The van der Waals surface area contributed by atoms with E-state index in [1.165, 1.54) is 141 Å². The summed E-state index contributed by atoms with van der Waals surface area (Å²) >= 11 is 0. The van der Waals surface area contributed by atoms with Crippen LogP contribution in [0.3, 0.4) is 0 Å². The Bertz CT molecular complexity index is 579. The van der Waals surface area contributed by atoms with E-state index in [2.05, 4.69) is 13.8 Å². The van der Waals surface area contributed by atoms with Gasteiger partial charge in [0.1, 0.15) is 11.3 Å². The standard InChI is InChI=1S/C36H72N2O2/c1-4-7-9-11-13-15-17-18-19-20-22-24-26-28-30-32-34(39)33(36(38,6-3)35(37)40)31-29-27-25-23-21-16-14-12-10-8-5-2/h33H,4-32,38H2,1-3H3,(H2,37,40). The first-order valence-electron chi connectivity index (χ1n) is 18.0. The van der Waals surface area contributed by atoms with Crippen LogP contribution in [-0.4, -0.2) is 17.2 Å². The lowest BCUT2D eigenvalue weighted by atomic mass is 9.75.